The first kappa shape index (κ1) is 36.9. The van der Waals surface area contributed by atoms with Crippen LogP contribution in [0.5, 0.6) is 0 Å². The standard InChI is InChI=1S/C59H39N3S/c1-3-15-40(16-4-1)43-27-29-45(30-28-43)58-60-57(44-19-5-2-6-20-44)61-59(62-58)54-25-12-11-23-51(54)48-33-36-53-52-24-13-14-26-55(52)63(56(53)39-48,49-34-31-41-17-7-9-21-46(41)37-49)50-35-32-42-18-8-10-22-47(42)38-50/h1-39H. The summed E-state index contributed by atoms with van der Waals surface area (Å²) < 4.78 is 0. The molecule has 1 aliphatic heterocycles. The fourth-order valence-electron chi connectivity index (χ4n) is 9.31. The smallest absolute Gasteiger partial charge is 0.164 e. The average Bonchev–Trinajstić information content (AvgIpc) is 3.67. The maximum Gasteiger partial charge on any atom is 0.164 e. The summed E-state index contributed by atoms with van der Waals surface area (Å²) in [6.45, 7) is 0. The Morgan fingerprint density at radius 1 is 0.238 bits per heavy atom. The van der Waals surface area contributed by atoms with Crippen molar-refractivity contribution in [3.8, 4) is 67.5 Å². The van der Waals surface area contributed by atoms with Gasteiger partial charge >= 0.3 is 0 Å². The Morgan fingerprint density at radius 3 is 1.30 bits per heavy atom. The topological polar surface area (TPSA) is 38.7 Å². The lowest BCUT2D eigenvalue weighted by Gasteiger charge is -2.40. The number of rotatable bonds is 7. The Kier molecular flexibility index (Phi) is 8.91. The van der Waals surface area contributed by atoms with Crippen LogP contribution in [0.15, 0.2) is 256 Å². The van der Waals surface area contributed by atoms with Gasteiger partial charge in [0.25, 0.3) is 0 Å². The van der Waals surface area contributed by atoms with Crippen molar-refractivity contribution in [2.45, 2.75) is 19.6 Å². The summed E-state index contributed by atoms with van der Waals surface area (Å²) in [5, 5.41) is 4.96. The van der Waals surface area contributed by atoms with Crippen molar-refractivity contribution >= 4 is 31.6 Å². The van der Waals surface area contributed by atoms with Gasteiger partial charge in [-0.05, 0) is 91.3 Å². The molecule has 0 amide bonds. The van der Waals surface area contributed by atoms with Crippen molar-refractivity contribution < 1.29 is 0 Å². The van der Waals surface area contributed by atoms with Gasteiger partial charge in [-0.25, -0.2) is 15.0 Å². The van der Waals surface area contributed by atoms with Crippen molar-refractivity contribution in [1.29, 1.82) is 0 Å². The highest BCUT2D eigenvalue weighted by atomic mass is 32.3. The molecule has 2 heterocycles. The summed E-state index contributed by atoms with van der Waals surface area (Å²) in [5.41, 5.74) is 9.88. The molecule has 0 spiro atoms. The van der Waals surface area contributed by atoms with Crippen LogP contribution < -0.4 is 0 Å². The van der Waals surface area contributed by atoms with Crippen LogP contribution >= 0.6 is 10.0 Å². The van der Waals surface area contributed by atoms with E-state index in [0.717, 1.165) is 33.4 Å². The zero-order valence-electron chi connectivity index (χ0n) is 34.3. The van der Waals surface area contributed by atoms with Crippen LogP contribution in [0, 0.1) is 0 Å². The molecule has 0 N–H and O–H groups in total. The second-order valence-electron chi connectivity index (χ2n) is 16.0. The van der Waals surface area contributed by atoms with Gasteiger partial charge in [-0.1, -0.05) is 200 Å². The number of nitrogens with zero attached hydrogens (tertiary/aromatic N) is 3. The Hall–Kier alpha value is -7.92. The first-order valence-electron chi connectivity index (χ1n) is 21.3. The van der Waals surface area contributed by atoms with E-state index in [-0.39, 0.29) is 0 Å². The molecule has 0 atom stereocenters. The van der Waals surface area contributed by atoms with E-state index in [1.165, 1.54) is 57.8 Å². The van der Waals surface area contributed by atoms with Gasteiger partial charge in [0.1, 0.15) is 0 Å². The molecular weight excluding hydrogens is 783 g/mol. The molecule has 0 saturated heterocycles. The lowest BCUT2D eigenvalue weighted by atomic mass is 9.96. The number of hydrogen-bond donors (Lipinski definition) is 0. The summed E-state index contributed by atoms with van der Waals surface area (Å²) in [6.07, 6.45) is 0. The predicted octanol–water partition coefficient (Wildman–Crippen LogP) is 15.8. The number of hydrogen-bond acceptors (Lipinski definition) is 3. The Morgan fingerprint density at radius 2 is 0.667 bits per heavy atom. The molecule has 0 unspecified atom stereocenters. The van der Waals surface area contributed by atoms with Crippen LogP contribution in [0.2, 0.25) is 0 Å². The molecule has 0 fully saturated rings. The molecule has 0 saturated carbocycles. The molecule has 296 valence electrons. The number of fused-ring (bicyclic) bond motifs is 5. The Bertz CT molecular complexity index is 3430. The first-order valence-corrected chi connectivity index (χ1v) is 23.0. The van der Waals surface area contributed by atoms with E-state index in [9.17, 15) is 0 Å². The quantitative estimate of drug-likeness (QED) is 0.161. The summed E-state index contributed by atoms with van der Waals surface area (Å²) in [6, 6.07) is 85.6. The van der Waals surface area contributed by atoms with E-state index < -0.39 is 10.0 Å². The van der Waals surface area contributed by atoms with Crippen LogP contribution in [0.25, 0.3) is 89.1 Å². The van der Waals surface area contributed by atoms with Crippen molar-refractivity contribution in [2.75, 3.05) is 0 Å². The van der Waals surface area contributed by atoms with Crippen molar-refractivity contribution in [2.24, 2.45) is 0 Å². The molecule has 1 aliphatic rings. The lowest BCUT2D eigenvalue weighted by molar-refractivity contribution is 1.07. The van der Waals surface area contributed by atoms with Gasteiger partial charge in [-0.15, -0.1) is 10.0 Å². The summed E-state index contributed by atoms with van der Waals surface area (Å²) in [4.78, 5) is 20.9. The summed E-state index contributed by atoms with van der Waals surface area (Å²) in [5.74, 6) is 1.90. The molecule has 12 rings (SSSR count). The predicted molar refractivity (Wildman–Crippen MR) is 261 cm³/mol. The fourth-order valence-corrected chi connectivity index (χ4v) is 13.6. The minimum atomic E-state index is -1.98. The minimum absolute atomic E-state index is 0.632. The minimum Gasteiger partial charge on any atom is -0.208 e. The van der Waals surface area contributed by atoms with Gasteiger partial charge in [0.15, 0.2) is 17.5 Å². The highest BCUT2D eigenvalue weighted by Gasteiger charge is 2.42. The van der Waals surface area contributed by atoms with Gasteiger partial charge in [-0.3, -0.25) is 0 Å². The molecule has 3 nitrogen and oxygen atoms in total. The van der Waals surface area contributed by atoms with Crippen LogP contribution in [-0.2, 0) is 0 Å². The van der Waals surface area contributed by atoms with Crippen molar-refractivity contribution in [1.82, 2.24) is 15.0 Å². The molecule has 0 aliphatic carbocycles. The van der Waals surface area contributed by atoms with Crippen molar-refractivity contribution in [3.05, 3.63) is 237 Å². The van der Waals surface area contributed by atoms with Crippen LogP contribution in [0.3, 0.4) is 0 Å². The van der Waals surface area contributed by atoms with E-state index in [4.69, 9.17) is 15.0 Å². The molecular formula is C59H39N3S. The molecule has 11 aromatic rings. The Labute approximate surface area is 368 Å². The van der Waals surface area contributed by atoms with E-state index in [1.54, 1.807) is 0 Å². The zero-order valence-corrected chi connectivity index (χ0v) is 35.1. The third kappa shape index (κ3) is 6.26. The molecule has 0 bridgehead atoms. The van der Waals surface area contributed by atoms with E-state index >= 15 is 0 Å². The van der Waals surface area contributed by atoms with Gasteiger partial charge in [0, 0.05) is 36.3 Å². The summed E-state index contributed by atoms with van der Waals surface area (Å²) >= 11 is 0. The maximum absolute atomic E-state index is 5.26. The molecule has 4 heteroatoms. The van der Waals surface area contributed by atoms with Gasteiger partial charge in [0.2, 0.25) is 0 Å². The molecule has 0 radical (unpaired) electrons. The van der Waals surface area contributed by atoms with E-state index in [0.29, 0.717) is 17.5 Å². The molecule has 63 heavy (non-hydrogen) atoms. The number of aromatic nitrogens is 3. The largest absolute Gasteiger partial charge is 0.208 e. The second-order valence-corrected chi connectivity index (χ2v) is 19.0. The van der Waals surface area contributed by atoms with Crippen LogP contribution in [0.1, 0.15) is 0 Å². The first-order chi connectivity index (χ1) is 31.2. The third-order valence-corrected chi connectivity index (χ3v) is 16.3. The monoisotopic (exact) mass is 821 g/mol. The SMILES string of the molecule is c1ccc(-c2ccc(-c3nc(-c4ccccc4)nc(-c4ccccc4-c4ccc5c(c4)S(c4ccc6ccccc6c4)(c4ccc6ccccc6c4)c4ccccc4-5)n3)cc2)cc1. The van der Waals surface area contributed by atoms with Gasteiger partial charge < -0.3 is 0 Å². The fraction of sp³-hybridized carbons (Fsp3) is 0. The molecule has 10 aromatic carbocycles. The van der Waals surface area contributed by atoms with Crippen molar-refractivity contribution in [3.63, 3.8) is 0 Å². The number of benzene rings is 10. The van der Waals surface area contributed by atoms with Gasteiger partial charge in [-0.2, -0.15) is 0 Å². The highest BCUT2D eigenvalue weighted by molar-refractivity contribution is 8.34. The average molecular weight is 822 g/mol. The molecule has 1 aromatic heterocycles. The van der Waals surface area contributed by atoms with Crippen LogP contribution in [0.4, 0.5) is 0 Å². The highest BCUT2D eigenvalue weighted by Crippen LogP contribution is 2.80. The van der Waals surface area contributed by atoms with E-state index in [2.05, 4.69) is 212 Å². The maximum atomic E-state index is 5.26. The lowest BCUT2D eigenvalue weighted by Crippen LogP contribution is -2.03. The Balaban J connectivity index is 1.07. The van der Waals surface area contributed by atoms with Gasteiger partial charge in [0.05, 0.1) is 0 Å². The van der Waals surface area contributed by atoms with E-state index in [1.807, 2.05) is 24.3 Å². The second kappa shape index (κ2) is 15.2. The summed E-state index contributed by atoms with van der Waals surface area (Å²) in [7, 11) is -1.98. The normalized spacial score (nSPS) is 13.1. The van der Waals surface area contributed by atoms with Crippen LogP contribution in [-0.4, -0.2) is 15.0 Å². The third-order valence-electron chi connectivity index (χ3n) is 12.4. The zero-order chi connectivity index (χ0) is 41.7.